The average Bonchev–Trinajstić information content (AvgIpc) is 3.41. The zero-order chi connectivity index (χ0) is 36.3. The van der Waals surface area contributed by atoms with Crippen molar-refractivity contribution in [1.29, 1.82) is 0 Å². The van der Waals surface area contributed by atoms with Gasteiger partial charge in [0.1, 0.15) is 22.9 Å². The molecule has 2 amide bonds. The number of fused-ring (bicyclic) bond motifs is 1. The highest BCUT2D eigenvalue weighted by molar-refractivity contribution is 8.93. The Labute approximate surface area is 305 Å². The van der Waals surface area contributed by atoms with Gasteiger partial charge in [-0.15, -0.1) is 30.2 Å². The summed E-state index contributed by atoms with van der Waals surface area (Å²) in [6, 6.07) is 21.5. The maximum Gasteiger partial charge on any atom is 0.573 e. The second-order valence-electron chi connectivity index (χ2n) is 11.9. The van der Waals surface area contributed by atoms with E-state index in [2.05, 4.69) is 24.7 Å². The molecule has 3 aromatic carbocycles. The highest BCUT2D eigenvalue weighted by atomic mass is 79.9. The molecule has 1 saturated heterocycles. The van der Waals surface area contributed by atoms with Gasteiger partial charge < -0.3 is 29.0 Å². The van der Waals surface area contributed by atoms with Crippen LogP contribution in [0.15, 0.2) is 91.1 Å². The number of amides is 2. The van der Waals surface area contributed by atoms with Crippen molar-refractivity contribution in [3.05, 3.63) is 108 Å². The molecule has 52 heavy (non-hydrogen) atoms. The first-order valence-electron chi connectivity index (χ1n) is 15.8. The molecule has 1 atom stereocenters. The summed E-state index contributed by atoms with van der Waals surface area (Å²) in [6.07, 6.45) is -3.45. The number of anilines is 1. The predicted octanol–water partition coefficient (Wildman–Crippen LogP) is 8.04. The molecule has 5 aromatic rings. The Bertz CT molecular complexity index is 2010. The van der Waals surface area contributed by atoms with Gasteiger partial charge in [0, 0.05) is 62.4 Å². The summed E-state index contributed by atoms with van der Waals surface area (Å²) in [4.78, 5) is 34.5. The van der Waals surface area contributed by atoms with Gasteiger partial charge in [-0.05, 0) is 73.2 Å². The van der Waals surface area contributed by atoms with Crippen LogP contribution in [0.25, 0.3) is 10.9 Å². The van der Waals surface area contributed by atoms with E-state index in [9.17, 15) is 31.5 Å². The largest absolute Gasteiger partial charge is 0.573 e. The van der Waals surface area contributed by atoms with Crippen LogP contribution in [-0.2, 0) is 13.6 Å². The number of benzene rings is 3. The fourth-order valence-electron chi connectivity index (χ4n) is 5.81. The summed E-state index contributed by atoms with van der Waals surface area (Å²) < 4.78 is 78.1. The van der Waals surface area contributed by atoms with Gasteiger partial charge in [0.15, 0.2) is 0 Å². The molecular formula is C36H33BrF5N5O5. The molecule has 0 bridgehead atoms. The Balaban J connectivity index is 0.00000523. The standard InChI is InChI=1S/C36H32F5N5O5.BrH/c1-22-20-46(16-15-45(22)21-23-3-9-27(10-4-23)50-35(37)38)34(48)31-17-25-7-13-29(18-30(25)44(31)2)49-32-14-8-26(19-42-32)43-33(47)24-5-11-28(12-6-24)51-36(39,40)41;/h3-14,17-19,22,35H,15-16,20-21H2,1-2H3,(H,43,47);1H. The van der Waals surface area contributed by atoms with Gasteiger partial charge in [-0.3, -0.25) is 14.5 Å². The normalized spacial score (nSPS) is 14.9. The lowest BCUT2D eigenvalue weighted by Crippen LogP contribution is -2.53. The number of carbonyl (C=O) groups excluding carboxylic acids is 2. The SMILES string of the molecule is Br.CC1CN(C(=O)c2cc3ccc(Oc4ccc(NC(=O)c5ccc(OC(F)(F)F)cc5)cn4)cc3n2C)CCN1Cc1ccc(OC(F)F)cc1. The number of aromatic nitrogens is 2. The molecule has 3 heterocycles. The second kappa shape index (κ2) is 16.0. The number of aryl methyl sites for hydroxylation is 1. The summed E-state index contributed by atoms with van der Waals surface area (Å²) in [5, 5.41) is 3.47. The van der Waals surface area contributed by atoms with Gasteiger partial charge in [-0.25, -0.2) is 4.98 Å². The van der Waals surface area contributed by atoms with Gasteiger partial charge in [-0.2, -0.15) is 8.78 Å². The first-order valence-corrected chi connectivity index (χ1v) is 15.8. The Morgan fingerprint density at radius 3 is 2.25 bits per heavy atom. The fourth-order valence-corrected chi connectivity index (χ4v) is 5.81. The number of nitrogens with zero attached hydrogens (tertiary/aromatic N) is 4. The first kappa shape index (κ1) is 38.0. The van der Waals surface area contributed by atoms with Crippen molar-refractivity contribution in [3.63, 3.8) is 0 Å². The molecule has 0 spiro atoms. The number of pyridine rings is 1. The molecule has 6 rings (SSSR count). The van der Waals surface area contributed by atoms with Crippen molar-refractivity contribution in [2.75, 3.05) is 25.0 Å². The molecule has 0 saturated carbocycles. The number of hydrogen-bond donors (Lipinski definition) is 1. The lowest BCUT2D eigenvalue weighted by molar-refractivity contribution is -0.274. The van der Waals surface area contributed by atoms with Crippen LogP contribution < -0.4 is 19.5 Å². The number of nitrogens with one attached hydrogen (secondary N) is 1. The Kier molecular flexibility index (Phi) is 11.7. The zero-order valence-corrected chi connectivity index (χ0v) is 29.5. The molecule has 0 aliphatic carbocycles. The van der Waals surface area contributed by atoms with Crippen molar-refractivity contribution < 1.29 is 45.8 Å². The summed E-state index contributed by atoms with van der Waals surface area (Å²) in [7, 11) is 1.81. The van der Waals surface area contributed by atoms with Crippen LogP contribution in [0, 0.1) is 0 Å². The van der Waals surface area contributed by atoms with Crippen LogP contribution in [0.3, 0.4) is 0 Å². The summed E-state index contributed by atoms with van der Waals surface area (Å²) in [5.74, 6) is -0.251. The highest BCUT2D eigenvalue weighted by Crippen LogP contribution is 2.29. The Morgan fingerprint density at radius 1 is 0.923 bits per heavy atom. The van der Waals surface area contributed by atoms with Gasteiger partial charge in [-0.1, -0.05) is 12.1 Å². The van der Waals surface area contributed by atoms with E-state index in [0.29, 0.717) is 43.3 Å². The van der Waals surface area contributed by atoms with Gasteiger partial charge in [0.05, 0.1) is 17.4 Å². The van der Waals surface area contributed by atoms with E-state index < -0.39 is 24.6 Å². The Hall–Kier alpha value is -5.22. The van der Waals surface area contributed by atoms with Crippen LogP contribution >= 0.6 is 17.0 Å². The van der Waals surface area contributed by atoms with E-state index >= 15 is 0 Å². The molecule has 1 N–H and O–H groups in total. The molecule has 274 valence electrons. The maximum atomic E-state index is 13.7. The number of alkyl halides is 5. The van der Waals surface area contributed by atoms with Crippen molar-refractivity contribution in [3.8, 4) is 23.1 Å². The first-order chi connectivity index (χ1) is 24.3. The van der Waals surface area contributed by atoms with E-state index in [1.54, 1.807) is 36.4 Å². The quantitative estimate of drug-likeness (QED) is 0.143. The van der Waals surface area contributed by atoms with Crippen molar-refractivity contribution in [2.24, 2.45) is 7.05 Å². The molecule has 1 unspecified atom stereocenters. The van der Waals surface area contributed by atoms with Crippen LogP contribution in [0.5, 0.6) is 23.1 Å². The maximum absolute atomic E-state index is 13.7. The molecular weight excluding hydrogens is 757 g/mol. The average molecular weight is 791 g/mol. The predicted molar refractivity (Wildman–Crippen MR) is 187 cm³/mol. The summed E-state index contributed by atoms with van der Waals surface area (Å²) >= 11 is 0. The number of piperazine rings is 1. The molecule has 2 aromatic heterocycles. The van der Waals surface area contributed by atoms with E-state index in [1.165, 1.54) is 30.5 Å². The number of ether oxygens (including phenoxy) is 3. The second-order valence-corrected chi connectivity index (χ2v) is 11.9. The van der Waals surface area contributed by atoms with E-state index in [0.717, 1.165) is 28.6 Å². The molecule has 16 heteroatoms. The van der Waals surface area contributed by atoms with Crippen LogP contribution in [0.1, 0.15) is 33.3 Å². The van der Waals surface area contributed by atoms with Crippen LogP contribution in [-0.4, -0.2) is 69.8 Å². The highest BCUT2D eigenvalue weighted by Gasteiger charge is 2.31. The van der Waals surface area contributed by atoms with Crippen molar-refractivity contribution in [2.45, 2.75) is 32.5 Å². The van der Waals surface area contributed by atoms with E-state index in [1.807, 2.05) is 35.6 Å². The summed E-state index contributed by atoms with van der Waals surface area (Å²) in [5.41, 5.74) is 2.73. The third-order valence-corrected chi connectivity index (χ3v) is 8.39. The number of halogens is 6. The topological polar surface area (TPSA) is 98.2 Å². The zero-order valence-electron chi connectivity index (χ0n) is 27.8. The number of hydrogen-bond acceptors (Lipinski definition) is 7. The van der Waals surface area contributed by atoms with Gasteiger partial charge in [0.2, 0.25) is 5.88 Å². The van der Waals surface area contributed by atoms with E-state index in [4.69, 9.17) is 4.74 Å². The smallest absolute Gasteiger partial charge is 0.439 e. The molecule has 0 radical (unpaired) electrons. The van der Waals surface area contributed by atoms with Gasteiger partial charge in [0.25, 0.3) is 11.8 Å². The number of rotatable bonds is 10. The lowest BCUT2D eigenvalue weighted by atomic mass is 10.1. The third-order valence-electron chi connectivity index (χ3n) is 8.39. The molecule has 1 aliphatic rings. The fraction of sp³-hybridized carbons (Fsp3) is 0.250. The molecule has 1 aliphatic heterocycles. The summed E-state index contributed by atoms with van der Waals surface area (Å²) in [6.45, 7) is 1.48. The van der Waals surface area contributed by atoms with Gasteiger partial charge >= 0.3 is 13.0 Å². The van der Waals surface area contributed by atoms with Crippen molar-refractivity contribution in [1.82, 2.24) is 19.4 Å². The monoisotopic (exact) mass is 789 g/mol. The Morgan fingerprint density at radius 2 is 1.62 bits per heavy atom. The third kappa shape index (κ3) is 9.36. The molecule has 10 nitrogen and oxygen atoms in total. The minimum absolute atomic E-state index is 0. The van der Waals surface area contributed by atoms with E-state index in [-0.39, 0.29) is 46.1 Å². The molecule has 1 fully saturated rings. The van der Waals surface area contributed by atoms with Crippen molar-refractivity contribution >= 4 is 45.4 Å². The van der Waals surface area contributed by atoms with Crippen LogP contribution in [0.4, 0.5) is 27.6 Å². The minimum atomic E-state index is -4.83. The van der Waals surface area contributed by atoms with Crippen LogP contribution in [0.2, 0.25) is 0 Å². The minimum Gasteiger partial charge on any atom is -0.439 e. The lowest BCUT2D eigenvalue weighted by Gasteiger charge is -2.40. The number of carbonyl (C=O) groups is 2.